The van der Waals surface area contributed by atoms with Gasteiger partial charge in [-0.05, 0) is 68.7 Å². The Labute approximate surface area is 168 Å². The van der Waals surface area contributed by atoms with E-state index in [1.165, 1.54) is 49.2 Å². The molecule has 0 unspecified atom stereocenters. The molecule has 2 aromatic carbocycles. The summed E-state index contributed by atoms with van der Waals surface area (Å²) in [6.07, 6.45) is 3.68. The summed E-state index contributed by atoms with van der Waals surface area (Å²) in [6, 6.07) is 14.0. The van der Waals surface area contributed by atoms with Crippen LogP contribution in [0.2, 0.25) is 0 Å². The Bertz CT molecular complexity index is 885. The van der Waals surface area contributed by atoms with Crippen molar-refractivity contribution >= 4 is 40.3 Å². The molecule has 1 fully saturated rings. The maximum absolute atomic E-state index is 12.2. The first-order valence-electron chi connectivity index (χ1n) is 9.17. The smallest absolute Gasteiger partial charge is 0.270 e. The highest BCUT2D eigenvalue weighted by Crippen LogP contribution is 2.25. The molecule has 7 nitrogen and oxygen atoms in total. The van der Waals surface area contributed by atoms with Gasteiger partial charge in [0.05, 0.1) is 4.92 Å². The van der Waals surface area contributed by atoms with E-state index in [0.29, 0.717) is 6.04 Å². The Balaban J connectivity index is 1.59. The van der Waals surface area contributed by atoms with Gasteiger partial charge in [-0.15, -0.1) is 0 Å². The zero-order valence-corrected chi connectivity index (χ0v) is 16.4. The third-order valence-corrected chi connectivity index (χ3v) is 5.01. The van der Waals surface area contributed by atoms with E-state index in [-0.39, 0.29) is 16.4 Å². The quantitative estimate of drug-likeness (QED) is 0.458. The van der Waals surface area contributed by atoms with Gasteiger partial charge >= 0.3 is 0 Å². The second kappa shape index (κ2) is 8.79. The van der Waals surface area contributed by atoms with Crippen molar-refractivity contribution in [2.24, 2.45) is 0 Å². The van der Waals surface area contributed by atoms with Gasteiger partial charge in [0.1, 0.15) is 0 Å². The van der Waals surface area contributed by atoms with E-state index < -0.39 is 10.8 Å². The van der Waals surface area contributed by atoms with Gasteiger partial charge in [0.15, 0.2) is 5.11 Å². The lowest BCUT2D eigenvalue weighted by Gasteiger charge is -2.35. The van der Waals surface area contributed by atoms with Crippen LogP contribution in [0.25, 0.3) is 0 Å². The fourth-order valence-electron chi connectivity index (χ4n) is 3.32. The van der Waals surface area contributed by atoms with Crippen molar-refractivity contribution in [1.82, 2.24) is 5.32 Å². The molecular formula is C20H22N4O3S. The number of nitrogens with zero attached hydrogens (tertiary/aromatic N) is 2. The van der Waals surface area contributed by atoms with Crippen LogP contribution >= 0.6 is 12.2 Å². The van der Waals surface area contributed by atoms with Crippen molar-refractivity contribution in [1.29, 1.82) is 0 Å². The van der Waals surface area contributed by atoms with Gasteiger partial charge in [0.2, 0.25) is 0 Å². The number of non-ortho nitro benzene ring substituents is 1. The second-order valence-electron chi connectivity index (χ2n) is 6.80. The van der Waals surface area contributed by atoms with E-state index in [2.05, 4.69) is 22.5 Å². The Morgan fingerprint density at radius 1 is 1.21 bits per heavy atom. The normalized spacial score (nSPS) is 16.3. The molecule has 1 saturated heterocycles. The summed E-state index contributed by atoms with van der Waals surface area (Å²) in [5, 5.41) is 16.5. The number of carbonyl (C=O) groups excluding carboxylic acids is 1. The molecule has 2 aromatic rings. The lowest BCUT2D eigenvalue weighted by molar-refractivity contribution is -0.384. The molecule has 2 N–H and O–H groups in total. The largest absolute Gasteiger partial charge is 0.369 e. The van der Waals surface area contributed by atoms with E-state index >= 15 is 0 Å². The maximum Gasteiger partial charge on any atom is 0.270 e. The van der Waals surface area contributed by atoms with E-state index in [0.717, 1.165) is 12.2 Å². The number of piperidine rings is 1. The van der Waals surface area contributed by atoms with E-state index in [4.69, 9.17) is 12.2 Å². The predicted molar refractivity (Wildman–Crippen MR) is 114 cm³/mol. The SMILES string of the molecule is C[C@H]1CCCCN1c1ccc(NC(=S)NC(=O)c2cccc([N+](=O)[O-])c2)cc1. The first-order valence-corrected chi connectivity index (χ1v) is 9.58. The summed E-state index contributed by atoms with van der Waals surface area (Å²) in [6.45, 7) is 3.30. The third-order valence-electron chi connectivity index (χ3n) is 4.81. The van der Waals surface area contributed by atoms with Crippen LogP contribution in [0.5, 0.6) is 0 Å². The molecule has 28 heavy (non-hydrogen) atoms. The summed E-state index contributed by atoms with van der Waals surface area (Å²) in [7, 11) is 0. The standard InChI is InChI=1S/C20H22N4O3S/c1-14-5-2-3-12-23(14)17-10-8-16(9-11-17)21-20(28)22-19(25)15-6-4-7-18(13-15)24(26)27/h4,6-11,13-14H,2-3,5,12H2,1H3,(H2,21,22,25,28)/t14-/m0/s1. The monoisotopic (exact) mass is 398 g/mol. The number of nitro benzene ring substituents is 1. The van der Waals surface area contributed by atoms with Gasteiger partial charge in [0.25, 0.3) is 11.6 Å². The number of nitrogens with one attached hydrogen (secondary N) is 2. The highest BCUT2D eigenvalue weighted by atomic mass is 32.1. The minimum Gasteiger partial charge on any atom is -0.369 e. The molecular weight excluding hydrogens is 376 g/mol. The Hall–Kier alpha value is -3.00. The van der Waals surface area contributed by atoms with Crippen molar-refractivity contribution in [3.63, 3.8) is 0 Å². The van der Waals surface area contributed by atoms with E-state index in [9.17, 15) is 14.9 Å². The molecule has 0 saturated carbocycles. The number of anilines is 2. The highest BCUT2D eigenvalue weighted by Gasteiger charge is 2.18. The average molecular weight is 398 g/mol. The number of rotatable bonds is 4. The van der Waals surface area contributed by atoms with E-state index in [1.54, 1.807) is 0 Å². The molecule has 3 rings (SSSR count). The second-order valence-corrected chi connectivity index (χ2v) is 7.21. The van der Waals surface area contributed by atoms with Gasteiger partial charge < -0.3 is 10.2 Å². The number of amides is 1. The van der Waals surface area contributed by atoms with Crippen molar-refractivity contribution in [3.05, 3.63) is 64.2 Å². The topological polar surface area (TPSA) is 87.5 Å². The first kappa shape index (κ1) is 19.8. The van der Waals surface area contributed by atoms with Crippen LogP contribution in [-0.4, -0.2) is 28.5 Å². The lowest BCUT2D eigenvalue weighted by atomic mass is 10.0. The molecule has 0 spiro atoms. The number of nitro groups is 1. The van der Waals surface area contributed by atoms with Gasteiger partial charge in [-0.2, -0.15) is 0 Å². The number of carbonyl (C=O) groups is 1. The summed E-state index contributed by atoms with van der Waals surface area (Å²) in [4.78, 5) is 24.9. The predicted octanol–water partition coefficient (Wildman–Crippen LogP) is 4.10. The molecule has 0 aliphatic carbocycles. The van der Waals surface area contributed by atoms with E-state index in [1.807, 2.05) is 24.3 Å². The number of hydrogen-bond donors (Lipinski definition) is 2. The highest BCUT2D eigenvalue weighted by molar-refractivity contribution is 7.80. The molecule has 1 heterocycles. The molecule has 146 valence electrons. The summed E-state index contributed by atoms with van der Waals surface area (Å²) in [5.41, 5.74) is 1.96. The van der Waals surface area contributed by atoms with Crippen LogP contribution in [0.1, 0.15) is 36.5 Å². The van der Waals surface area contributed by atoms with Crippen LogP contribution in [0.15, 0.2) is 48.5 Å². The molecule has 1 atom stereocenters. The summed E-state index contributed by atoms with van der Waals surface area (Å²) < 4.78 is 0. The minimum absolute atomic E-state index is 0.135. The average Bonchev–Trinajstić information content (AvgIpc) is 2.69. The van der Waals surface area contributed by atoms with Crippen LogP contribution in [-0.2, 0) is 0 Å². The Morgan fingerprint density at radius 2 is 1.96 bits per heavy atom. The fourth-order valence-corrected chi connectivity index (χ4v) is 3.53. The Kier molecular flexibility index (Phi) is 6.20. The zero-order chi connectivity index (χ0) is 20.1. The fraction of sp³-hybridized carbons (Fsp3) is 0.300. The van der Waals surface area contributed by atoms with Gasteiger partial charge in [-0.3, -0.25) is 20.2 Å². The Morgan fingerprint density at radius 3 is 2.64 bits per heavy atom. The van der Waals surface area contributed by atoms with Crippen LogP contribution in [0.4, 0.5) is 17.1 Å². The zero-order valence-electron chi connectivity index (χ0n) is 15.6. The molecule has 0 radical (unpaired) electrons. The molecule has 1 aliphatic rings. The molecule has 0 aromatic heterocycles. The van der Waals surface area contributed by atoms with Crippen molar-refractivity contribution in [2.75, 3.05) is 16.8 Å². The van der Waals surface area contributed by atoms with Crippen molar-refractivity contribution < 1.29 is 9.72 Å². The molecule has 1 amide bonds. The lowest BCUT2D eigenvalue weighted by Crippen LogP contribution is -2.37. The summed E-state index contributed by atoms with van der Waals surface area (Å²) in [5.74, 6) is -0.500. The number of benzene rings is 2. The molecule has 0 bridgehead atoms. The summed E-state index contributed by atoms with van der Waals surface area (Å²) >= 11 is 5.19. The van der Waals surface area contributed by atoms with Gasteiger partial charge in [-0.25, -0.2) is 0 Å². The van der Waals surface area contributed by atoms with Gasteiger partial charge in [0, 0.05) is 41.7 Å². The first-order chi connectivity index (χ1) is 13.4. The molecule has 8 heteroatoms. The van der Waals surface area contributed by atoms with Crippen molar-refractivity contribution in [2.45, 2.75) is 32.2 Å². The number of thiocarbonyl (C=S) groups is 1. The van der Waals surface area contributed by atoms with Crippen LogP contribution in [0.3, 0.4) is 0 Å². The van der Waals surface area contributed by atoms with Crippen LogP contribution < -0.4 is 15.5 Å². The van der Waals surface area contributed by atoms with Crippen molar-refractivity contribution in [3.8, 4) is 0 Å². The van der Waals surface area contributed by atoms with Gasteiger partial charge in [-0.1, -0.05) is 6.07 Å². The van der Waals surface area contributed by atoms with Crippen LogP contribution in [0, 0.1) is 10.1 Å². The molecule has 1 aliphatic heterocycles. The number of hydrogen-bond acceptors (Lipinski definition) is 5. The minimum atomic E-state index is -0.544. The maximum atomic E-state index is 12.2. The third kappa shape index (κ3) is 4.83.